The van der Waals surface area contributed by atoms with E-state index in [9.17, 15) is 4.79 Å². The number of nitrogens with two attached hydrogens (primary N) is 1. The molecule has 2 aromatic carbocycles. The maximum Gasteiger partial charge on any atom is 0.234 e. The molecule has 6 heteroatoms. The molecule has 3 N–H and O–H groups in total. The molecule has 152 valence electrons. The van der Waals surface area contributed by atoms with Crippen LogP contribution in [-0.4, -0.2) is 43.1 Å². The second-order valence-corrected chi connectivity index (χ2v) is 7.06. The molecule has 0 radical (unpaired) electrons. The summed E-state index contributed by atoms with van der Waals surface area (Å²) in [6.45, 7) is 5.69. The van der Waals surface area contributed by atoms with E-state index in [0.29, 0.717) is 26.3 Å². The Labute approximate surface area is 173 Å². The number of carbonyl (C=O) groups is 1. The normalized spacial score (nSPS) is 19.2. The maximum atomic E-state index is 12.4. The van der Waals surface area contributed by atoms with Crippen LogP contribution in [0.15, 0.2) is 54.6 Å². The molecule has 0 unspecified atom stereocenters. The number of carbonyl (C=O) groups excluding carboxylic acids is 1. The zero-order chi connectivity index (χ0) is 19.1. The van der Waals surface area contributed by atoms with Crippen LogP contribution in [0, 0.1) is 0 Å². The highest BCUT2D eigenvalue weighted by Crippen LogP contribution is 2.25. The lowest BCUT2D eigenvalue weighted by atomic mass is 9.95. The fraction of sp³-hybridized carbons (Fsp3) is 0.409. The summed E-state index contributed by atoms with van der Waals surface area (Å²) < 4.78 is 5.51. The third-order valence-corrected chi connectivity index (χ3v) is 5.09. The molecule has 0 aliphatic carbocycles. The highest BCUT2D eigenvalue weighted by Gasteiger charge is 2.31. The first-order chi connectivity index (χ1) is 13.2. The first-order valence-electron chi connectivity index (χ1n) is 9.61. The van der Waals surface area contributed by atoms with Gasteiger partial charge in [0.2, 0.25) is 5.91 Å². The smallest absolute Gasteiger partial charge is 0.234 e. The standard InChI is InChI=1S/C22H29N3O2.ClH/c1-2-27-16-19-11-7-6-10-18(19)12-24-22(26)15-25-13-20(21(23)14-25)17-8-4-3-5-9-17;/h3-11,20-21H,2,12-16,23H2,1H3,(H,24,26);1H/t20-,21+;/m0./s1. The van der Waals surface area contributed by atoms with E-state index in [-0.39, 0.29) is 30.3 Å². The number of nitrogens with zero attached hydrogens (tertiary/aromatic N) is 1. The van der Waals surface area contributed by atoms with E-state index in [4.69, 9.17) is 10.5 Å². The van der Waals surface area contributed by atoms with E-state index < -0.39 is 0 Å². The maximum absolute atomic E-state index is 12.4. The molecule has 0 aromatic heterocycles. The first-order valence-corrected chi connectivity index (χ1v) is 9.61. The van der Waals surface area contributed by atoms with Crippen LogP contribution in [0.5, 0.6) is 0 Å². The van der Waals surface area contributed by atoms with E-state index in [0.717, 1.165) is 24.2 Å². The van der Waals surface area contributed by atoms with Crippen LogP contribution < -0.4 is 11.1 Å². The van der Waals surface area contributed by atoms with E-state index in [2.05, 4.69) is 22.3 Å². The number of benzene rings is 2. The van der Waals surface area contributed by atoms with Crippen molar-refractivity contribution in [2.45, 2.75) is 32.0 Å². The average Bonchev–Trinajstić information content (AvgIpc) is 3.06. The number of hydrogen-bond donors (Lipinski definition) is 2. The summed E-state index contributed by atoms with van der Waals surface area (Å²) in [5, 5.41) is 3.04. The van der Waals surface area contributed by atoms with Gasteiger partial charge in [0.1, 0.15) is 0 Å². The molecule has 1 amide bonds. The van der Waals surface area contributed by atoms with Crippen molar-refractivity contribution in [2.24, 2.45) is 5.73 Å². The number of ether oxygens (including phenoxy) is 1. The van der Waals surface area contributed by atoms with Crippen molar-refractivity contribution in [3.8, 4) is 0 Å². The van der Waals surface area contributed by atoms with Gasteiger partial charge in [0, 0.05) is 38.2 Å². The number of rotatable bonds is 8. The molecular formula is C22H30ClN3O2. The van der Waals surface area contributed by atoms with Crippen molar-refractivity contribution >= 4 is 18.3 Å². The lowest BCUT2D eigenvalue weighted by Gasteiger charge is -2.16. The van der Waals surface area contributed by atoms with Crippen LogP contribution in [0.3, 0.4) is 0 Å². The predicted octanol–water partition coefficient (Wildman–Crippen LogP) is 2.69. The van der Waals surface area contributed by atoms with Gasteiger partial charge in [0.25, 0.3) is 0 Å². The minimum atomic E-state index is 0. The van der Waals surface area contributed by atoms with Gasteiger partial charge in [-0.3, -0.25) is 9.69 Å². The SMILES string of the molecule is CCOCc1ccccc1CNC(=O)CN1C[C@@H](N)[C@H](c2ccccc2)C1.Cl. The number of amides is 1. The first kappa shape index (κ1) is 22.4. The summed E-state index contributed by atoms with van der Waals surface area (Å²) in [5.41, 5.74) is 9.78. The number of halogens is 1. The van der Waals surface area contributed by atoms with Gasteiger partial charge in [0.15, 0.2) is 0 Å². The molecule has 2 atom stereocenters. The van der Waals surface area contributed by atoms with Crippen molar-refractivity contribution in [3.05, 3.63) is 71.3 Å². The van der Waals surface area contributed by atoms with Crippen LogP contribution in [0.1, 0.15) is 29.5 Å². The highest BCUT2D eigenvalue weighted by molar-refractivity contribution is 5.85. The summed E-state index contributed by atoms with van der Waals surface area (Å²) in [5.74, 6) is 0.313. The Morgan fingerprint density at radius 1 is 1.11 bits per heavy atom. The third kappa shape index (κ3) is 6.04. The van der Waals surface area contributed by atoms with E-state index in [1.807, 2.05) is 49.4 Å². The summed E-state index contributed by atoms with van der Waals surface area (Å²) in [7, 11) is 0. The molecule has 28 heavy (non-hydrogen) atoms. The van der Waals surface area contributed by atoms with Crippen molar-refractivity contribution < 1.29 is 9.53 Å². The van der Waals surface area contributed by atoms with Crippen LogP contribution in [-0.2, 0) is 22.7 Å². The average molecular weight is 404 g/mol. The molecule has 1 heterocycles. The minimum absolute atomic E-state index is 0. The Kier molecular flexibility index (Phi) is 8.93. The fourth-order valence-electron chi connectivity index (χ4n) is 3.63. The Bertz CT molecular complexity index is 742. The van der Waals surface area contributed by atoms with Gasteiger partial charge in [-0.2, -0.15) is 0 Å². The predicted molar refractivity (Wildman–Crippen MR) is 114 cm³/mol. The van der Waals surface area contributed by atoms with Gasteiger partial charge in [-0.05, 0) is 23.6 Å². The number of nitrogens with one attached hydrogen (secondary N) is 1. The monoisotopic (exact) mass is 403 g/mol. The number of hydrogen-bond acceptors (Lipinski definition) is 4. The molecule has 2 aromatic rings. The van der Waals surface area contributed by atoms with E-state index in [1.54, 1.807) is 0 Å². The van der Waals surface area contributed by atoms with Gasteiger partial charge in [-0.15, -0.1) is 12.4 Å². The molecule has 3 rings (SSSR count). The summed E-state index contributed by atoms with van der Waals surface area (Å²) in [6.07, 6.45) is 0. The quantitative estimate of drug-likeness (QED) is 0.711. The Morgan fingerprint density at radius 2 is 1.79 bits per heavy atom. The van der Waals surface area contributed by atoms with E-state index in [1.165, 1.54) is 5.56 Å². The second kappa shape index (κ2) is 11.2. The van der Waals surface area contributed by atoms with E-state index >= 15 is 0 Å². The topological polar surface area (TPSA) is 67.6 Å². The molecule has 1 saturated heterocycles. The fourth-order valence-corrected chi connectivity index (χ4v) is 3.63. The van der Waals surface area contributed by atoms with Gasteiger partial charge >= 0.3 is 0 Å². The zero-order valence-corrected chi connectivity index (χ0v) is 17.2. The van der Waals surface area contributed by atoms with Crippen LogP contribution in [0.25, 0.3) is 0 Å². The summed E-state index contributed by atoms with van der Waals surface area (Å²) >= 11 is 0. The molecule has 0 spiro atoms. The van der Waals surface area contributed by atoms with Crippen molar-refractivity contribution in [3.63, 3.8) is 0 Å². The van der Waals surface area contributed by atoms with Crippen molar-refractivity contribution in [1.29, 1.82) is 0 Å². The van der Waals surface area contributed by atoms with Gasteiger partial charge < -0.3 is 15.8 Å². The lowest BCUT2D eigenvalue weighted by molar-refractivity contribution is -0.122. The lowest BCUT2D eigenvalue weighted by Crippen LogP contribution is -2.37. The van der Waals surface area contributed by atoms with Crippen molar-refractivity contribution in [1.82, 2.24) is 10.2 Å². The largest absolute Gasteiger partial charge is 0.377 e. The van der Waals surface area contributed by atoms with Gasteiger partial charge in [-0.1, -0.05) is 54.6 Å². The highest BCUT2D eigenvalue weighted by atomic mass is 35.5. The zero-order valence-electron chi connectivity index (χ0n) is 16.3. The molecular weight excluding hydrogens is 374 g/mol. The molecule has 0 bridgehead atoms. The Hall–Kier alpha value is -1.92. The molecule has 1 aliphatic rings. The molecule has 5 nitrogen and oxygen atoms in total. The second-order valence-electron chi connectivity index (χ2n) is 7.06. The Balaban J connectivity index is 0.00000280. The van der Waals surface area contributed by atoms with Crippen molar-refractivity contribution in [2.75, 3.05) is 26.2 Å². The van der Waals surface area contributed by atoms with Crippen LogP contribution >= 0.6 is 12.4 Å². The molecule has 0 saturated carbocycles. The summed E-state index contributed by atoms with van der Waals surface area (Å²) in [4.78, 5) is 14.6. The molecule has 1 aliphatic heterocycles. The van der Waals surface area contributed by atoms with Gasteiger partial charge in [-0.25, -0.2) is 0 Å². The molecule has 1 fully saturated rings. The third-order valence-electron chi connectivity index (χ3n) is 5.09. The van der Waals surface area contributed by atoms with Crippen LogP contribution in [0.2, 0.25) is 0 Å². The van der Waals surface area contributed by atoms with Gasteiger partial charge in [0.05, 0.1) is 13.2 Å². The van der Waals surface area contributed by atoms with Crippen LogP contribution in [0.4, 0.5) is 0 Å². The number of likely N-dealkylation sites (tertiary alicyclic amines) is 1. The Morgan fingerprint density at radius 3 is 2.50 bits per heavy atom. The minimum Gasteiger partial charge on any atom is -0.377 e. The summed E-state index contributed by atoms with van der Waals surface area (Å²) in [6, 6.07) is 18.4.